The van der Waals surface area contributed by atoms with Gasteiger partial charge in [0.05, 0.1) is 0 Å². The van der Waals surface area contributed by atoms with E-state index in [2.05, 4.69) is 5.32 Å². The Labute approximate surface area is 164 Å². The second kappa shape index (κ2) is 9.91. The Bertz CT molecular complexity index is 813. The Morgan fingerprint density at radius 2 is 1.52 bits per heavy atom. The van der Waals surface area contributed by atoms with Crippen LogP contribution in [0.25, 0.3) is 0 Å². The zero-order chi connectivity index (χ0) is 18.9. The van der Waals surface area contributed by atoms with E-state index in [4.69, 9.17) is 16.3 Å². The number of amides is 1. The fraction of sp³-hybridized carbons (Fsp3) is 0.174. The highest BCUT2D eigenvalue weighted by Crippen LogP contribution is 2.25. The third-order valence-electron chi connectivity index (χ3n) is 4.21. The van der Waals surface area contributed by atoms with Gasteiger partial charge in [0.2, 0.25) is 5.91 Å². The monoisotopic (exact) mass is 379 g/mol. The van der Waals surface area contributed by atoms with Crippen LogP contribution in [-0.4, -0.2) is 19.1 Å². The minimum absolute atomic E-state index is 0.00397. The minimum Gasteiger partial charge on any atom is -0.359 e. The van der Waals surface area contributed by atoms with Crippen molar-refractivity contribution in [1.82, 2.24) is 5.32 Å². The van der Waals surface area contributed by atoms with Crippen molar-refractivity contribution in [3.8, 4) is 0 Å². The summed E-state index contributed by atoms with van der Waals surface area (Å²) in [5.74, 6) is -0.131. The fourth-order valence-corrected chi connectivity index (χ4v) is 3.10. The topological polar surface area (TPSA) is 38.3 Å². The summed E-state index contributed by atoms with van der Waals surface area (Å²) in [6.45, 7) is 0.549. The zero-order valence-electron chi connectivity index (χ0n) is 15.0. The molecule has 3 aromatic carbocycles. The number of nitrogens with one attached hydrogen (secondary N) is 1. The maximum Gasteiger partial charge on any atom is 0.246 e. The predicted octanol–water partition coefficient (Wildman–Crippen LogP) is 4.80. The molecule has 0 bridgehead atoms. The van der Waals surface area contributed by atoms with Gasteiger partial charge in [-0.1, -0.05) is 84.4 Å². The molecule has 0 aliphatic rings. The lowest BCUT2D eigenvalue weighted by Crippen LogP contribution is -2.30. The third kappa shape index (κ3) is 5.95. The molecule has 0 fully saturated rings. The van der Waals surface area contributed by atoms with Gasteiger partial charge in [0.25, 0.3) is 0 Å². The average Bonchev–Trinajstić information content (AvgIpc) is 2.70. The molecule has 0 aromatic heterocycles. The molecule has 0 atom stereocenters. The molecule has 0 saturated carbocycles. The number of carbonyl (C=O) groups excluding carboxylic acids is 1. The number of hydrogen-bond donors (Lipinski definition) is 1. The van der Waals surface area contributed by atoms with Crippen LogP contribution in [0.4, 0.5) is 0 Å². The average molecular weight is 380 g/mol. The quantitative estimate of drug-likeness (QED) is 0.610. The molecule has 0 aliphatic carbocycles. The first-order valence-electron chi connectivity index (χ1n) is 8.95. The first kappa shape index (κ1) is 19.2. The smallest absolute Gasteiger partial charge is 0.246 e. The van der Waals surface area contributed by atoms with Crippen molar-refractivity contribution < 1.29 is 9.53 Å². The Balaban J connectivity index is 1.54. The Morgan fingerprint density at radius 3 is 2.11 bits per heavy atom. The summed E-state index contributed by atoms with van der Waals surface area (Å²) in [4.78, 5) is 12.2. The predicted molar refractivity (Wildman–Crippen MR) is 109 cm³/mol. The maximum atomic E-state index is 12.2. The van der Waals surface area contributed by atoms with E-state index in [9.17, 15) is 4.79 Å². The first-order valence-corrected chi connectivity index (χ1v) is 9.33. The summed E-state index contributed by atoms with van der Waals surface area (Å²) >= 11 is 5.98. The van der Waals surface area contributed by atoms with E-state index in [1.54, 1.807) is 0 Å². The molecular formula is C23H22ClNO2. The van der Waals surface area contributed by atoms with Gasteiger partial charge in [0.15, 0.2) is 0 Å². The van der Waals surface area contributed by atoms with Gasteiger partial charge in [0, 0.05) is 11.6 Å². The lowest BCUT2D eigenvalue weighted by Gasteiger charge is -2.19. The van der Waals surface area contributed by atoms with Crippen molar-refractivity contribution in [3.63, 3.8) is 0 Å². The van der Waals surface area contributed by atoms with Crippen molar-refractivity contribution in [2.75, 3.05) is 13.2 Å². The van der Waals surface area contributed by atoms with E-state index < -0.39 is 0 Å². The van der Waals surface area contributed by atoms with E-state index in [1.165, 1.54) is 0 Å². The number of benzene rings is 3. The van der Waals surface area contributed by atoms with Crippen LogP contribution >= 0.6 is 11.6 Å². The Hall–Kier alpha value is -2.62. The Kier molecular flexibility index (Phi) is 7.03. The van der Waals surface area contributed by atoms with Crippen LogP contribution in [0, 0.1) is 0 Å². The SMILES string of the molecule is O=C(COC(c1ccccc1)c1ccccc1)NCCc1cccc(Cl)c1. The first-order chi connectivity index (χ1) is 13.2. The summed E-state index contributed by atoms with van der Waals surface area (Å²) in [6, 6.07) is 27.5. The van der Waals surface area contributed by atoms with Crippen LogP contribution in [0.3, 0.4) is 0 Å². The molecule has 0 saturated heterocycles. The van der Waals surface area contributed by atoms with Crippen LogP contribution in [0.15, 0.2) is 84.9 Å². The van der Waals surface area contributed by atoms with Gasteiger partial charge >= 0.3 is 0 Å². The molecule has 3 nitrogen and oxygen atoms in total. The van der Waals surface area contributed by atoms with Crippen molar-refractivity contribution >= 4 is 17.5 Å². The molecule has 27 heavy (non-hydrogen) atoms. The largest absolute Gasteiger partial charge is 0.359 e. The molecule has 0 heterocycles. The molecule has 0 spiro atoms. The van der Waals surface area contributed by atoms with Crippen molar-refractivity contribution in [2.45, 2.75) is 12.5 Å². The van der Waals surface area contributed by atoms with E-state index >= 15 is 0 Å². The van der Waals surface area contributed by atoms with Crippen LogP contribution < -0.4 is 5.32 Å². The van der Waals surface area contributed by atoms with E-state index in [0.717, 1.165) is 23.1 Å². The normalized spacial score (nSPS) is 10.7. The summed E-state index contributed by atoms with van der Waals surface area (Å²) in [5, 5.41) is 3.61. The van der Waals surface area contributed by atoms with Crippen molar-refractivity contribution in [3.05, 3.63) is 107 Å². The molecule has 1 amide bonds. The zero-order valence-corrected chi connectivity index (χ0v) is 15.7. The fourth-order valence-electron chi connectivity index (χ4n) is 2.89. The van der Waals surface area contributed by atoms with Crippen LogP contribution in [0.2, 0.25) is 5.02 Å². The van der Waals surface area contributed by atoms with Gasteiger partial charge in [-0.05, 0) is 35.2 Å². The minimum atomic E-state index is -0.272. The molecule has 3 rings (SSSR count). The molecule has 0 unspecified atom stereocenters. The molecule has 0 aliphatic heterocycles. The molecular weight excluding hydrogens is 358 g/mol. The van der Waals surface area contributed by atoms with E-state index in [1.807, 2.05) is 84.9 Å². The highest BCUT2D eigenvalue weighted by Gasteiger charge is 2.16. The molecule has 0 radical (unpaired) electrons. The van der Waals surface area contributed by atoms with Crippen molar-refractivity contribution in [2.24, 2.45) is 0 Å². The Morgan fingerprint density at radius 1 is 0.889 bits per heavy atom. The van der Waals surface area contributed by atoms with Crippen molar-refractivity contribution in [1.29, 1.82) is 0 Å². The summed E-state index contributed by atoms with van der Waals surface area (Å²) in [7, 11) is 0. The number of ether oxygens (including phenoxy) is 1. The highest BCUT2D eigenvalue weighted by atomic mass is 35.5. The van der Waals surface area contributed by atoms with Crippen LogP contribution in [0.1, 0.15) is 22.8 Å². The van der Waals surface area contributed by atoms with Gasteiger partial charge in [0.1, 0.15) is 12.7 Å². The summed E-state index contributed by atoms with van der Waals surface area (Å²) in [5.41, 5.74) is 3.14. The number of hydrogen-bond acceptors (Lipinski definition) is 2. The lowest BCUT2D eigenvalue weighted by atomic mass is 10.0. The third-order valence-corrected chi connectivity index (χ3v) is 4.45. The highest BCUT2D eigenvalue weighted by molar-refractivity contribution is 6.30. The molecule has 3 aromatic rings. The van der Waals surface area contributed by atoms with Gasteiger partial charge in [-0.3, -0.25) is 4.79 Å². The number of halogens is 1. The molecule has 4 heteroatoms. The van der Waals surface area contributed by atoms with E-state index in [0.29, 0.717) is 11.6 Å². The van der Waals surface area contributed by atoms with Crippen LogP contribution in [0.5, 0.6) is 0 Å². The summed E-state index contributed by atoms with van der Waals surface area (Å²) < 4.78 is 5.96. The molecule has 138 valence electrons. The number of rotatable bonds is 8. The lowest BCUT2D eigenvalue weighted by molar-refractivity contribution is -0.127. The maximum absolute atomic E-state index is 12.2. The second-order valence-corrected chi connectivity index (χ2v) is 6.68. The number of carbonyl (C=O) groups is 1. The van der Waals surface area contributed by atoms with Gasteiger partial charge in [-0.2, -0.15) is 0 Å². The van der Waals surface area contributed by atoms with Gasteiger partial charge in [-0.15, -0.1) is 0 Å². The summed E-state index contributed by atoms with van der Waals surface area (Å²) in [6.07, 6.45) is 0.457. The van der Waals surface area contributed by atoms with E-state index in [-0.39, 0.29) is 18.6 Å². The van der Waals surface area contributed by atoms with Crippen LogP contribution in [-0.2, 0) is 16.0 Å². The standard InChI is InChI=1S/C23H22ClNO2/c24-21-13-7-8-18(16-21)14-15-25-22(26)17-27-23(19-9-3-1-4-10-19)20-11-5-2-6-12-20/h1-13,16,23H,14-15,17H2,(H,25,26). The van der Waals surface area contributed by atoms with Gasteiger partial charge < -0.3 is 10.1 Å². The molecule has 1 N–H and O–H groups in total. The second-order valence-electron chi connectivity index (χ2n) is 6.24. The van der Waals surface area contributed by atoms with Gasteiger partial charge in [-0.25, -0.2) is 0 Å².